The molecule has 21 heavy (non-hydrogen) atoms. The topological polar surface area (TPSA) is 70.6 Å². The Morgan fingerprint density at radius 2 is 1.81 bits per heavy atom. The van der Waals surface area contributed by atoms with Crippen molar-refractivity contribution in [1.82, 2.24) is 10.6 Å². The Morgan fingerprint density at radius 1 is 1.14 bits per heavy atom. The maximum absolute atomic E-state index is 11.4. The predicted molar refractivity (Wildman–Crippen MR) is 87.3 cm³/mol. The van der Waals surface area contributed by atoms with Gasteiger partial charge in [0, 0.05) is 19.3 Å². The first-order chi connectivity index (χ1) is 9.97. The molecule has 0 bridgehead atoms. The van der Waals surface area contributed by atoms with Gasteiger partial charge in [-0.3, -0.25) is 0 Å². The molecule has 0 unspecified atom stereocenters. The van der Waals surface area contributed by atoms with Crippen LogP contribution in [0.2, 0.25) is 0 Å². The second-order valence-electron chi connectivity index (χ2n) is 4.89. The number of hydrogen-bond acceptors (Lipinski definition) is 3. The molecule has 6 heteroatoms. The second kappa shape index (κ2) is 8.67. The summed E-state index contributed by atoms with van der Waals surface area (Å²) in [4.78, 5) is 4.83. The molecule has 2 N–H and O–H groups in total. The number of guanidine groups is 1. The Labute approximate surface area is 127 Å². The maximum atomic E-state index is 11.4. The minimum Gasteiger partial charge on any atom is -0.357 e. The highest BCUT2D eigenvalue weighted by Crippen LogP contribution is 2.10. The SMILES string of the molecule is CCCCNC(=NCc1ccc(S(C)(=O)=O)cc1)NCC. The van der Waals surface area contributed by atoms with Crippen LogP contribution in [0.1, 0.15) is 32.3 Å². The molecule has 0 spiro atoms. The van der Waals surface area contributed by atoms with Gasteiger partial charge in [0.25, 0.3) is 0 Å². The first-order valence-corrected chi connectivity index (χ1v) is 9.17. The summed E-state index contributed by atoms with van der Waals surface area (Å²) in [6, 6.07) is 6.85. The van der Waals surface area contributed by atoms with Crippen molar-refractivity contribution in [2.45, 2.75) is 38.1 Å². The van der Waals surface area contributed by atoms with Crippen LogP contribution in [-0.4, -0.2) is 33.7 Å². The highest BCUT2D eigenvalue weighted by atomic mass is 32.2. The minimum absolute atomic E-state index is 0.336. The van der Waals surface area contributed by atoms with Crippen molar-refractivity contribution in [3.8, 4) is 0 Å². The molecule has 0 aromatic heterocycles. The van der Waals surface area contributed by atoms with Crippen LogP contribution in [0.4, 0.5) is 0 Å². The van der Waals surface area contributed by atoms with Gasteiger partial charge in [-0.15, -0.1) is 0 Å². The van der Waals surface area contributed by atoms with E-state index in [9.17, 15) is 8.42 Å². The lowest BCUT2D eigenvalue weighted by Gasteiger charge is -2.10. The van der Waals surface area contributed by atoms with Gasteiger partial charge in [0.2, 0.25) is 0 Å². The summed E-state index contributed by atoms with van der Waals surface area (Å²) in [5, 5.41) is 6.46. The summed E-state index contributed by atoms with van der Waals surface area (Å²) in [5.74, 6) is 0.790. The first-order valence-electron chi connectivity index (χ1n) is 7.28. The quantitative estimate of drug-likeness (QED) is 0.459. The van der Waals surface area contributed by atoms with Gasteiger partial charge < -0.3 is 10.6 Å². The van der Waals surface area contributed by atoms with E-state index in [0.717, 1.165) is 37.5 Å². The summed E-state index contributed by atoms with van der Waals surface area (Å²) in [6.07, 6.45) is 3.45. The van der Waals surface area contributed by atoms with E-state index in [4.69, 9.17) is 0 Å². The number of unbranched alkanes of at least 4 members (excludes halogenated alkanes) is 1. The van der Waals surface area contributed by atoms with Crippen LogP contribution >= 0.6 is 0 Å². The second-order valence-corrected chi connectivity index (χ2v) is 6.91. The highest BCUT2D eigenvalue weighted by molar-refractivity contribution is 7.90. The number of nitrogens with one attached hydrogen (secondary N) is 2. The molecule has 0 saturated heterocycles. The summed E-state index contributed by atoms with van der Waals surface area (Å²) >= 11 is 0. The fourth-order valence-corrected chi connectivity index (χ4v) is 2.37. The maximum Gasteiger partial charge on any atom is 0.191 e. The lowest BCUT2D eigenvalue weighted by Crippen LogP contribution is -2.37. The van der Waals surface area contributed by atoms with E-state index in [0.29, 0.717) is 11.4 Å². The fraction of sp³-hybridized carbons (Fsp3) is 0.533. The van der Waals surface area contributed by atoms with E-state index in [1.54, 1.807) is 24.3 Å². The van der Waals surface area contributed by atoms with Gasteiger partial charge >= 0.3 is 0 Å². The molecular weight excluding hydrogens is 286 g/mol. The van der Waals surface area contributed by atoms with Crippen LogP contribution in [-0.2, 0) is 16.4 Å². The third-order valence-corrected chi connectivity index (χ3v) is 4.07. The zero-order chi connectivity index (χ0) is 15.7. The number of nitrogens with zero attached hydrogens (tertiary/aromatic N) is 1. The van der Waals surface area contributed by atoms with Gasteiger partial charge in [0.1, 0.15) is 0 Å². The van der Waals surface area contributed by atoms with Gasteiger partial charge in [0.15, 0.2) is 15.8 Å². The molecule has 1 aromatic carbocycles. The molecule has 118 valence electrons. The van der Waals surface area contributed by atoms with Crippen LogP contribution in [0.25, 0.3) is 0 Å². The first kappa shape index (κ1) is 17.5. The van der Waals surface area contributed by atoms with Crippen LogP contribution in [0, 0.1) is 0 Å². The van der Waals surface area contributed by atoms with E-state index in [-0.39, 0.29) is 0 Å². The smallest absolute Gasteiger partial charge is 0.191 e. The number of hydrogen-bond donors (Lipinski definition) is 2. The Bertz CT molecular complexity index is 551. The van der Waals surface area contributed by atoms with Gasteiger partial charge in [-0.1, -0.05) is 25.5 Å². The number of aliphatic imine (C=N–C) groups is 1. The molecule has 0 aliphatic carbocycles. The molecule has 0 aliphatic rings. The van der Waals surface area contributed by atoms with Crippen LogP contribution in [0.15, 0.2) is 34.2 Å². The third-order valence-electron chi connectivity index (χ3n) is 2.94. The molecule has 0 atom stereocenters. The molecule has 1 aromatic rings. The van der Waals surface area contributed by atoms with E-state index in [2.05, 4.69) is 22.5 Å². The monoisotopic (exact) mass is 311 g/mol. The van der Waals surface area contributed by atoms with Crippen LogP contribution in [0.5, 0.6) is 0 Å². The molecule has 0 fully saturated rings. The Hall–Kier alpha value is -1.56. The van der Waals surface area contributed by atoms with Gasteiger partial charge in [-0.2, -0.15) is 0 Å². The summed E-state index contributed by atoms with van der Waals surface area (Å²) in [7, 11) is -3.13. The van der Waals surface area contributed by atoms with Gasteiger partial charge in [-0.25, -0.2) is 13.4 Å². The Kier molecular flexibility index (Phi) is 7.22. The van der Waals surface area contributed by atoms with Crippen molar-refractivity contribution in [1.29, 1.82) is 0 Å². The summed E-state index contributed by atoms with van der Waals surface area (Å²) in [6.45, 7) is 6.40. The normalized spacial score (nSPS) is 12.2. The number of benzene rings is 1. The third kappa shape index (κ3) is 6.62. The average molecular weight is 311 g/mol. The Morgan fingerprint density at radius 3 is 2.33 bits per heavy atom. The summed E-state index contributed by atoms with van der Waals surface area (Å²) in [5.41, 5.74) is 0.982. The molecule has 0 radical (unpaired) electrons. The number of rotatable bonds is 7. The van der Waals surface area contributed by atoms with Crippen molar-refractivity contribution in [3.63, 3.8) is 0 Å². The van der Waals surface area contributed by atoms with E-state index >= 15 is 0 Å². The predicted octanol–water partition coefficient (Wildman–Crippen LogP) is 1.95. The molecule has 1 rings (SSSR count). The van der Waals surface area contributed by atoms with E-state index in [1.807, 2.05) is 6.92 Å². The number of sulfone groups is 1. The molecule has 0 aliphatic heterocycles. The van der Waals surface area contributed by atoms with Crippen molar-refractivity contribution in [2.24, 2.45) is 4.99 Å². The Balaban J connectivity index is 2.67. The summed E-state index contributed by atoms with van der Waals surface area (Å²) < 4.78 is 22.8. The minimum atomic E-state index is -3.13. The van der Waals surface area contributed by atoms with E-state index in [1.165, 1.54) is 6.26 Å². The molecule has 0 amide bonds. The van der Waals surface area contributed by atoms with Crippen molar-refractivity contribution < 1.29 is 8.42 Å². The van der Waals surface area contributed by atoms with Crippen molar-refractivity contribution in [3.05, 3.63) is 29.8 Å². The van der Waals surface area contributed by atoms with Crippen LogP contribution in [0.3, 0.4) is 0 Å². The van der Waals surface area contributed by atoms with Gasteiger partial charge in [0.05, 0.1) is 11.4 Å². The van der Waals surface area contributed by atoms with Crippen LogP contribution < -0.4 is 10.6 Å². The molecule has 0 saturated carbocycles. The van der Waals surface area contributed by atoms with Gasteiger partial charge in [-0.05, 0) is 31.0 Å². The zero-order valence-corrected chi connectivity index (χ0v) is 13.8. The molecule has 5 nitrogen and oxygen atoms in total. The fourth-order valence-electron chi connectivity index (χ4n) is 1.74. The zero-order valence-electron chi connectivity index (χ0n) is 13.0. The van der Waals surface area contributed by atoms with Crippen molar-refractivity contribution in [2.75, 3.05) is 19.3 Å². The lowest BCUT2D eigenvalue weighted by atomic mass is 10.2. The lowest BCUT2D eigenvalue weighted by molar-refractivity contribution is 0.602. The standard InChI is InChI=1S/C15H25N3O2S/c1-4-6-11-17-15(16-5-2)18-12-13-7-9-14(10-8-13)21(3,19)20/h7-10H,4-6,11-12H2,1-3H3,(H2,16,17,18). The highest BCUT2D eigenvalue weighted by Gasteiger charge is 2.05. The molecular formula is C15H25N3O2S. The molecule has 0 heterocycles. The van der Waals surface area contributed by atoms with Crippen molar-refractivity contribution >= 4 is 15.8 Å². The van der Waals surface area contributed by atoms with E-state index < -0.39 is 9.84 Å². The average Bonchev–Trinajstić information content (AvgIpc) is 2.44. The largest absolute Gasteiger partial charge is 0.357 e.